The van der Waals surface area contributed by atoms with Crippen LogP contribution < -0.4 is 0 Å². The maximum atomic E-state index is 10.3. The summed E-state index contributed by atoms with van der Waals surface area (Å²) in [5.41, 5.74) is 0. The summed E-state index contributed by atoms with van der Waals surface area (Å²) in [6, 6.07) is 0. The van der Waals surface area contributed by atoms with E-state index < -0.39 is 34.0 Å². The zero-order chi connectivity index (χ0) is 12.1. The zero-order valence-electron chi connectivity index (χ0n) is 7.83. The highest BCUT2D eigenvalue weighted by Gasteiger charge is 2.24. The minimum absolute atomic E-state index is 0.0757. The van der Waals surface area contributed by atoms with Crippen molar-refractivity contribution in [1.82, 2.24) is 0 Å². The van der Waals surface area contributed by atoms with E-state index in [0.29, 0.717) is 0 Å². The Bertz CT molecular complexity index is 296. The summed E-state index contributed by atoms with van der Waals surface area (Å²) in [5.74, 6) is -2.06. The molecule has 1 unspecified atom stereocenters. The highest BCUT2D eigenvalue weighted by molar-refractivity contribution is 7.85. The van der Waals surface area contributed by atoms with Crippen molar-refractivity contribution in [2.24, 2.45) is 0 Å². The van der Waals surface area contributed by atoms with Gasteiger partial charge >= 0.3 is 5.97 Å². The average Bonchev–Trinajstić information content (AvgIpc) is 2.09. The van der Waals surface area contributed by atoms with Gasteiger partial charge in [-0.05, 0) is 19.3 Å². The Hall–Kier alpha value is -0.700. The molecule has 15 heavy (non-hydrogen) atoms. The first kappa shape index (κ1) is 14.3. The second-order valence-corrected chi connectivity index (χ2v) is 4.56. The summed E-state index contributed by atoms with van der Waals surface area (Å²) in [5, 5.41) is 26.0. The molecular weight excluding hydrogens is 228 g/mol. The third-order valence-corrected chi connectivity index (χ3v) is 2.47. The SMILES string of the molecule is O=C(O)[C](O)C(O)CCCCS(=O)(=O)O. The lowest BCUT2D eigenvalue weighted by Gasteiger charge is -2.11. The first-order chi connectivity index (χ1) is 6.74. The van der Waals surface area contributed by atoms with Crippen LogP contribution in [0.15, 0.2) is 0 Å². The van der Waals surface area contributed by atoms with Gasteiger partial charge in [-0.1, -0.05) is 0 Å². The summed E-state index contributed by atoms with van der Waals surface area (Å²) in [4.78, 5) is 10.1. The average molecular weight is 241 g/mol. The first-order valence-electron chi connectivity index (χ1n) is 4.16. The van der Waals surface area contributed by atoms with Crippen molar-refractivity contribution >= 4 is 16.1 Å². The van der Waals surface area contributed by atoms with Gasteiger partial charge in [0.2, 0.25) is 6.10 Å². The summed E-state index contributed by atoms with van der Waals surface area (Å²) >= 11 is 0. The monoisotopic (exact) mass is 241 g/mol. The predicted molar refractivity (Wildman–Crippen MR) is 49.1 cm³/mol. The number of carbonyl (C=O) groups is 1. The van der Waals surface area contributed by atoms with E-state index in [1.165, 1.54) is 0 Å². The largest absolute Gasteiger partial charge is 0.479 e. The molecular formula is C7H13O7S. The number of hydrogen-bond donors (Lipinski definition) is 4. The molecule has 1 radical (unpaired) electrons. The van der Waals surface area contributed by atoms with E-state index in [1.807, 2.05) is 0 Å². The van der Waals surface area contributed by atoms with Crippen LogP contribution in [-0.2, 0) is 14.9 Å². The molecule has 0 aromatic heterocycles. The lowest BCUT2D eigenvalue weighted by molar-refractivity contribution is -0.142. The molecule has 0 amide bonds. The minimum atomic E-state index is -4.03. The summed E-state index contributed by atoms with van der Waals surface area (Å²) in [7, 11) is -4.03. The molecule has 0 aliphatic carbocycles. The van der Waals surface area contributed by atoms with Gasteiger partial charge in [-0.3, -0.25) is 4.55 Å². The lowest BCUT2D eigenvalue weighted by atomic mass is 10.1. The number of carboxylic acid groups (broad SMARTS) is 1. The number of aliphatic hydroxyl groups is 2. The highest BCUT2D eigenvalue weighted by Crippen LogP contribution is 2.10. The topological polar surface area (TPSA) is 132 Å². The molecule has 0 aromatic carbocycles. The van der Waals surface area contributed by atoms with Gasteiger partial charge in [0.05, 0.1) is 11.9 Å². The van der Waals surface area contributed by atoms with Gasteiger partial charge in [0.1, 0.15) is 0 Å². The molecule has 0 saturated carbocycles. The molecule has 0 heterocycles. The van der Waals surface area contributed by atoms with Gasteiger partial charge < -0.3 is 15.3 Å². The Labute approximate surface area is 87.1 Å². The Morgan fingerprint density at radius 2 is 1.73 bits per heavy atom. The molecule has 0 fully saturated rings. The Morgan fingerprint density at radius 1 is 1.20 bits per heavy atom. The molecule has 1 atom stereocenters. The normalized spacial score (nSPS) is 14.1. The van der Waals surface area contributed by atoms with Crippen molar-refractivity contribution < 1.29 is 33.1 Å². The van der Waals surface area contributed by atoms with Crippen LogP contribution in [0.5, 0.6) is 0 Å². The van der Waals surface area contributed by atoms with E-state index in [2.05, 4.69) is 0 Å². The van der Waals surface area contributed by atoms with Crippen LogP contribution in [0, 0.1) is 6.10 Å². The number of aliphatic carboxylic acids is 1. The fraction of sp³-hybridized carbons (Fsp3) is 0.714. The van der Waals surface area contributed by atoms with Crippen LogP contribution in [0.2, 0.25) is 0 Å². The highest BCUT2D eigenvalue weighted by atomic mass is 32.2. The van der Waals surface area contributed by atoms with E-state index >= 15 is 0 Å². The van der Waals surface area contributed by atoms with Crippen molar-refractivity contribution in [2.75, 3.05) is 5.75 Å². The van der Waals surface area contributed by atoms with E-state index in [4.69, 9.17) is 19.9 Å². The Kier molecular flexibility index (Phi) is 5.73. The quantitative estimate of drug-likeness (QED) is 0.345. The third-order valence-electron chi connectivity index (χ3n) is 1.66. The smallest absolute Gasteiger partial charge is 0.342 e. The van der Waals surface area contributed by atoms with Crippen LogP contribution >= 0.6 is 0 Å². The van der Waals surface area contributed by atoms with Gasteiger partial charge in [0.25, 0.3) is 10.1 Å². The fourth-order valence-electron chi connectivity index (χ4n) is 0.901. The number of carboxylic acids is 1. The molecule has 0 bridgehead atoms. The van der Waals surface area contributed by atoms with Gasteiger partial charge in [0.15, 0.2) is 0 Å². The predicted octanol–water partition coefficient (Wildman–Crippen LogP) is -0.606. The van der Waals surface area contributed by atoms with Crippen molar-refractivity contribution in [1.29, 1.82) is 0 Å². The Balaban J connectivity index is 3.73. The molecule has 0 spiro atoms. The van der Waals surface area contributed by atoms with E-state index in [0.717, 1.165) is 0 Å². The van der Waals surface area contributed by atoms with Crippen LogP contribution in [0.1, 0.15) is 19.3 Å². The molecule has 0 saturated heterocycles. The van der Waals surface area contributed by atoms with Crippen molar-refractivity contribution in [2.45, 2.75) is 25.4 Å². The molecule has 4 N–H and O–H groups in total. The fourth-order valence-corrected chi connectivity index (χ4v) is 1.47. The van der Waals surface area contributed by atoms with Crippen LogP contribution in [-0.4, -0.2) is 46.1 Å². The van der Waals surface area contributed by atoms with Gasteiger partial charge in [0, 0.05) is 0 Å². The maximum Gasteiger partial charge on any atom is 0.342 e. The third kappa shape index (κ3) is 7.25. The van der Waals surface area contributed by atoms with Crippen molar-refractivity contribution in [3.8, 4) is 0 Å². The summed E-state index contributed by atoms with van der Waals surface area (Å²) in [6.07, 6.45) is -2.39. The summed E-state index contributed by atoms with van der Waals surface area (Å²) in [6.45, 7) is 0. The number of hydrogen-bond acceptors (Lipinski definition) is 5. The molecule has 0 rings (SSSR count). The van der Waals surface area contributed by atoms with Crippen molar-refractivity contribution in [3.63, 3.8) is 0 Å². The number of aliphatic hydroxyl groups excluding tert-OH is 2. The van der Waals surface area contributed by atoms with Gasteiger partial charge in [-0.2, -0.15) is 8.42 Å². The minimum Gasteiger partial charge on any atom is -0.479 e. The van der Waals surface area contributed by atoms with Gasteiger partial charge in [-0.15, -0.1) is 0 Å². The van der Waals surface area contributed by atoms with E-state index in [1.54, 1.807) is 0 Å². The first-order valence-corrected chi connectivity index (χ1v) is 5.77. The van der Waals surface area contributed by atoms with E-state index in [-0.39, 0.29) is 19.3 Å². The molecule has 0 aliphatic rings. The van der Waals surface area contributed by atoms with Crippen LogP contribution in [0.25, 0.3) is 0 Å². The maximum absolute atomic E-state index is 10.3. The van der Waals surface area contributed by atoms with Crippen LogP contribution in [0.3, 0.4) is 0 Å². The second-order valence-electron chi connectivity index (χ2n) is 2.99. The Morgan fingerprint density at radius 3 is 2.13 bits per heavy atom. The number of rotatable bonds is 7. The standard InChI is InChI=1S/C7H13O7S/c8-5(6(9)7(10)11)3-1-2-4-15(12,13)14/h5,8-9H,1-4H2,(H,10,11)(H,12,13,14). The zero-order valence-corrected chi connectivity index (χ0v) is 8.64. The molecule has 0 aliphatic heterocycles. The van der Waals surface area contributed by atoms with E-state index in [9.17, 15) is 13.2 Å². The lowest BCUT2D eigenvalue weighted by Crippen LogP contribution is -2.25. The second kappa shape index (κ2) is 6.01. The molecule has 8 heteroatoms. The van der Waals surface area contributed by atoms with Gasteiger partial charge in [-0.25, -0.2) is 4.79 Å². The molecule has 7 nitrogen and oxygen atoms in total. The number of unbranched alkanes of at least 4 members (excludes halogenated alkanes) is 1. The molecule has 89 valence electrons. The van der Waals surface area contributed by atoms with Crippen LogP contribution in [0.4, 0.5) is 0 Å². The summed E-state index contributed by atoms with van der Waals surface area (Å²) < 4.78 is 28.9. The molecule has 0 aromatic rings. The van der Waals surface area contributed by atoms with Crippen molar-refractivity contribution in [3.05, 3.63) is 6.10 Å².